The van der Waals surface area contributed by atoms with E-state index in [-0.39, 0.29) is 0 Å². The van der Waals surface area contributed by atoms with Crippen molar-refractivity contribution in [1.29, 1.82) is 0 Å². The number of alkyl halides is 2. The highest BCUT2D eigenvalue weighted by Gasteiger charge is 2.26. The summed E-state index contributed by atoms with van der Waals surface area (Å²) in [7, 11) is 0. The van der Waals surface area contributed by atoms with Crippen molar-refractivity contribution in [1.82, 2.24) is 0 Å². The summed E-state index contributed by atoms with van der Waals surface area (Å²) in [5.74, 6) is 1.51. The van der Waals surface area contributed by atoms with Crippen molar-refractivity contribution in [3.63, 3.8) is 0 Å². The van der Waals surface area contributed by atoms with Crippen LogP contribution < -0.4 is 0 Å². The molecule has 0 heterocycles. The average molecular weight is 211 g/mol. The lowest BCUT2D eigenvalue weighted by molar-refractivity contribution is 0.262. The summed E-state index contributed by atoms with van der Waals surface area (Å²) in [5.41, 5.74) is 0.326. The first-order valence-electron chi connectivity index (χ1n) is 4.86. The molecule has 0 aliphatic heterocycles. The Balaban J connectivity index is 4.06. The minimum atomic E-state index is 0.326. The van der Waals surface area contributed by atoms with Gasteiger partial charge in [-0.1, -0.05) is 26.7 Å². The maximum Gasteiger partial charge on any atom is 0.0280 e. The topological polar surface area (TPSA) is 0 Å². The van der Waals surface area contributed by atoms with Crippen molar-refractivity contribution < 1.29 is 0 Å². The second-order valence-corrected chi connectivity index (χ2v) is 4.22. The minimum absolute atomic E-state index is 0.326. The minimum Gasteiger partial charge on any atom is -0.127 e. The average Bonchev–Trinajstić information content (AvgIpc) is 2.06. The first-order chi connectivity index (χ1) is 5.74. The van der Waals surface area contributed by atoms with Gasteiger partial charge in [-0.25, -0.2) is 0 Å². The summed E-state index contributed by atoms with van der Waals surface area (Å²) in [6.45, 7) is 4.43. The van der Waals surface area contributed by atoms with E-state index >= 15 is 0 Å². The van der Waals surface area contributed by atoms with E-state index in [2.05, 4.69) is 13.8 Å². The summed E-state index contributed by atoms with van der Waals surface area (Å²) in [5, 5.41) is 0. The van der Waals surface area contributed by atoms with E-state index in [0.29, 0.717) is 5.41 Å². The third-order valence-corrected chi connectivity index (χ3v) is 3.22. The van der Waals surface area contributed by atoms with Gasteiger partial charge in [-0.05, 0) is 24.7 Å². The third-order valence-electron chi connectivity index (χ3n) is 2.47. The van der Waals surface area contributed by atoms with Crippen LogP contribution in [0.3, 0.4) is 0 Å². The molecule has 0 N–H and O–H groups in total. The molecule has 0 aromatic carbocycles. The molecule has 0 bridgehead atoms. The molecule has 0 unspecified atom stereocenters. The molecule has 0 aliphatic rings. The summed E-state index contributed by atoms with van der Waals surface area (Å²) >= 11 is 11.8. The van der Waals surface area contributed by atoms with Gasteiger partial charge in [0.2, 0.25) is 0 Å². The van der Waals surface area contributed by atoms with Crippen LogP contribution in [0.15, 0.2) is 0 Å². The molecule has 0 amide bonds. The molecule has 0 aromatic heterocycles. The molecule has 0 aliphatic carbocycles. The van der Waals surface area contributed by atoms with Crippen molar-refractivity contribution in [2.24, 2.45) is 5.41 Å². The fourth-order valence-corrected chi connectivity index (χ4v) is 2.64. The van der Waals surface area contributed by atoms with E-state index in [4.69, 9.17) is 23.2 Å². The molecular weight excluding hydrogens is 191 g/mol. The fourth-order valence-electron chi connectivity index (χ4n) is 1.84. The Labute approximate surface area is 86.6 Å². The van der Waals surface area contributed by atoms with E-state index in [1.165, 1.54) is 25.7 Å². The molecule has 0 spiro atoms. The van der Waals surface area contributed by atoms with Crippen LogP contribution >= 0.6 is 23.2 Å². The summed E-state index contributed by atoms with van der Waals surface area (Å²) < 4.78 is 0. The maximum atomic E-state index is 6.00. The summed E-state index contributed by atoms with van der Waals surface area (Å²) in [6.07, 6.45) is 5.93. The van der Waals surface area contributed by atoms with Crippen LogP contribution in [0.2, 0.25) is 0 Å². The van der Waals surface area contributed by atoms with E-state index in [1.807, 2.05) is 0 Å². The van der Waals surface area contributed by atoms with Gasteiger partial charge < -0.3 is 0 Å². The van der Waals surface area contributed by atoms with Crippen LogP contribution in [0.25, 0.3) is 0 Å². The standard InChI is InChI=1S/C10H20Cl2/c1-3-5-10(9-12,6-4-2)7-8-11/h3-9H2,1-2H3. The quantitative estimate of drug-likeness (QED) is 0.546. The number of hydrogen-bond acceptors (Lipinski definition) is 0. The Hall–Kier alpha value is 0.580. The zero-order valence-electron chi connectivity index (χ0n) is 8.21. The van der Waals surface area contributed by atoms with Gasteiger partial charge in [0.05, 0.1) is 0 Å². The van der Waals surface area contributed by atoms with Gasteiger partial charge in [-0.15, -0.1) is 23.2 Å². The Morgan fingerprint density at radius 3 is 1.67 bits per heavy atom. The second-order valence-electron chi connectivity index (χ2n) is 3.57. The van der Waals surface area contributed by atoms with E-state index in [1.54, 1.807) is 0 Å². The van der Waals surface area contributed by atoms with Gasteiger partial charge >= 0.3 is 0 Å². The molecule has 0 atom stereocenters. The predicted octanol–water partition coefficient (Wildman–Crippen LogP) is 4.44. The first kappa shape index (κ1) is 12.6. The molecule has 0 aromatic rings. The zero-order valence-corrected chi connectivity index (χ0v) is 9.72. The fraction of sp³-hybridized carbons (Fsp3) is 1.00. The van der Waals surface area contributed by atoms with Gasteiger partial charge in [-0.3, -0.25) is 0 Å². The Morgan fingerprint density at radius 1 is 0.917 bits per heavy atom. The second kappa shape index (κ2) is 7.03. The molecule has 0 saturated heterocycles. The van der Waals surface area contributed by atoms with Crippen LogP contribution in [0.5, 0.6) is 0 Å². The van der Waals surface area contributed by atoms with Gasteiger partial charge in [0.1, 0.15) is 0 Å². The number of rotatable bonds is 7. The molecular formula is C10H20Cl2. The Morgan fingerprint density at radius 2 is 1.42 bits per heavy atom. The number of hydrogen-bond donors (Lipinski definition) is 0. The van der Waals surface area contributed by atoms with Gasteiger partial charge in [-0.2, -0.15) is 0 Å². The van der Waals surface area contributed by atoms with E-state index in [0.717, 1.165) is 18.2 Å². The number of halogens is 2. The predicted molar refractivity (Wildman–Crippen MR) is 58.3 cm³/mol. The van der Waals surface area contributed by atoms with Crippen molar-refractivity contribution >= 4 is 23.2 Å². The molecule has 74 valence electrons. The lowest BCUT2D eigenvalue weighted by Gasteiger charge is -2.30. The van der Waals surface area contributed by atoms with Crippen molar-refractivity contribution in [3.05, 3.63) is 0 Å². The van der Waals surface area contributed by atoms with Crippen molar-refractivity contribution in [2.75, 3.05) is 11.8 Å². The van der Waals surface area contributed by atoms with Crippen LogP contribution in [0.4, 0.5) is 0 Å². The highest BCUT2D eigenvalue weighted by Crippen LogP contribution is 2.35. The molecule has 0 radical (unpaired) electrons. The first-order valence-corrected chi connectivity index (χ1v) is 5.93. The van der Waals surface area contributed by atoms with Gasteiger partial charge in [0.15, 0.2) is 0 Å². The lowest BCUT2D eigenvalue weighted by atomic mass is 9.79. The summed E-state index contributed by atoms with van der Waals surface area (Å²) in [4.78, 5) is 0. The highest BCUT2D eigenvalue weighted by atomic mass is 35.5. The van der Waals surface area contributed by atoms with Crippen molar-refractivity contribution in [3.8, 4) is 0 Å². The molecule has 0 rings (SSSR count). The third kappa shape index (κ3) is 4.00. The van der Waals surface area contributed by atoms with Crippen LogP contribution in [0.1, 0.15) is 46.0 Å². The van der Waals surface area contributed by atoms with Crippen LogP contribution in [-0.4, -0.2) is 11.8 Å². The molecule has 12 heavy (non-hydrogen) atoms. The summed E-state index contributed by atoms with van der Waals surface area (Å²) in [6, 6.07) is 0. The van der Waals surface area contributed by atoms with E-state index in [9.17, 15) is 0 Å². The Kier molecular flexibility index (Phi) is 7.37. The van der Waals surface area contributed by atoms with E-state index < -0.39 is 0 Å². The van der Waals surface area contributed by atoms with Crippen LogP contribution in [-0.2, 0) is 0 Å². The smallest absolute Gasteiger partial charge is 0.0280 e. The lowest BCUT2D eigenvalue weighted by Crippen LogP contribution is -2.23. The van der Waals surface area contributed by atoms with Gasteiger partial charge in [0.25, 0.3) is 0 Å². The molecule has 0 fully saturated rings. The van der Waals surface area contributed by atoms with Crippen molar-refractivity contribution in [2.45, 2.75) is 46.0 Å². The molecule has 0 saturated carbocycles. The maximum absolute atomic E-state index is 6.00. The SMILES string of the molecule is CCCC(CCl)(CCC)CCCl. The monoisotopic (exact) mass is 210 g/mol. The Bertz CT molecular complexity index is 85.0. The normalized spacial score (nSPS) is 12.0. The zero-order chi connectivity index (χ0) is 9.45. The van der Waals surface area contributed by atoms with Crippen LogP contribution in [0, 0.1) is 5.41 Å². The van der Waals surface area contributed by atoms with Gasteiger partial charge in [0, 0.05) is 11.8 Å². The molecule has 0 nitrogen and oxygen atoms in total. The highest BCUT2D eigenvalue weighted by molar-refractivity contribution is 6.19. The molecule has 2 heteroatoms. The largest absolute Gasteiger partial charge is 0.127 e.